The minimum absolute atomic E-state index is 0.00449. The molecule has 1 aliphatic rings. The van der Waals surface area contributed by atoms with Gasteiger partial charge in [-0.05, 0) is 26.2 Å². The summed E-state index contributed by atoms with van der Waals surface area (Å²) in [5.74, 6) is -0.894. The SMILES string of the molecule is C[C@@H](OC1C=CCCC1)C(=O)O. The fourth-order valence-electron chi connectivity index (χ4n) is 1.21. The van der Waals surface area contributed by atoms with Gasteiger partial charge in [0, 0.05) is 0 Å². The Morgan fingerprint density at radius 2 is 2.50 bits per heavy atom. The van der Waals surface area contributed by atoms with Gasteiger partial charge >= 0.3 is 5.97 Å². The third-order valence-electron chi connectivity index (χ3n) is 1.94. The summed E-state index contributed by atoms with van der Waals surface area (Å²) in [6.07, 6.45) is 6.41. The lowest BCUT2D eigenvalue weighted by Gasteiger charge is -2.19. The molecule has 1 unspecified atom stereocenters. The topological polar surface area (TPSA) is 46.5 Å². The van der Waals surface area contributed by atoms with Gasteiger partial charge in [0.15, 0.2) is 6.10 Å². The molecule has 0 fully saturated rings. The molecule has 0 aromatic carbocycles. The van der Waals surface area contributed by atoms with Gasteiger partial charge in [0.2, 0.25) is 0 Å². The zero-order chi connectivity index (χ0) is 8.97. The molecule has 12 heavy (non-hydrogen) atoms. The van der Waals surface area contributed by atoms with E-state index in [1.54, 1.807) is 6.92 Å². The zero-order valence-electron chi connectivity index (χ0n) is 7.19. The summed E-state index contributed by atoms with van der Waals surface area (Å²) in [5, 5.41) is 8.56. The van der Waals surface area contributed by atoms with Crippen LogP contribution in [0.15, 0.2) is 12.2 Å². The second-order valence-electron chi connectivity index (χ2n) is 3.01. The highest BCUT2D eigenvalue weighted by Gasteiger charge is 2.17. The minimum atomic E-state index is -0.894. The quantitative estimate of drug-likeness (QED) is 0.654. The number of allylic oxidation sites excluding steroid dienone is 1. The molecular weight excluding hydrogens is 156 g/mol. The molecule has 0 saturated carbocycles. The number of aliphatic carboxylic acids is 1. The zero-order valence-corrected chi connectivity index (χ0v) is 7.19. The molecule has 0 amide bonds. The molecule has 0 spiro atoms. The fraction of sp³-hybridized carbons (Fsp3) is 0.667. The van der Waals surface area contributed by atoms with Gasteiger partial charge in [-0.2, -0.15) is 0 Å². The summed E-state index contributed by atoms with van der Waals surface area (Å²) in [7, 11) is 0. The van der Waals surface area contributed by atoms with E-state index in [9.17, 15) is 4.79 Å². The first-order chi connectivity index (χ1) is 5.70. The molecule has 3 nitrogen and oxygen atoms in total. The van der Waals surface area contributed by atoms with Crippen molar-refractivity contribution in [1.82, 2.24) is 0 Å². The molecule has 2 atom stereocenters. The molecule has 0 saturated heterocycles. The lowest BCUT2D eigenvalue weighted by atomic mass is 10.1. The Labute approximate surface area is 72.0 Å². The lowest BCUT2D eigenvalue weighted by Crippen LogP contribution is -2.26. The van der Waals surface area contributed by atoms with Crippen LogP contribution in [0, 0.1) is 0 Å². The summed E-state index contributed by atoms with van der Waals surface area (Å²) in [4.78, 5) is 10.4. The van der Waals surface area contributed by atoms with Crippen LogP contribution in [0.4, 0.5) is 0 Å². The van der Waals surface area contributed by atoms with Crippen LogP contribution in [0.1, 0.15) is 26.2 Å². The highest BCUT2D eigenvalue weighted by atomic mass is 16.5. The first kappa shape index (κ1) is 9.26. The first-order valence-electron chi connectivity index (χ1n) is 4.25. The maximum Gasteiger partial charge on any atom is 0.332 e. The van der Waals surface area contributed by atoms with Crippen LogP contribution in [0.5, 0.6) is 0 Å². The van der Waals surface area contributed by atoms with Crippen molar-refractivity contribution in [2.75, 3.05) is 0 Å². The molecule has 0 aromatic rings. The predicted octanol–water partition coefficient (Wildman–Crippen LogP) is 1.58. The van der Waals surface area contributed by atoms with Gasteiger partial charge in [0.1, 0.15) is 0 Å². The van der Waals surface area contributed by atoms with Crippen LogP contribution in [-0.4, -0.2) is 23.3 Å². The Bertz CT molecular complexity index is 186. The average molecular weight is 170 g/mol. The van der Waals surface area contributed by atoms with Gasteiger partial charge in [-0.3, -0.25) is 0 Å². The van der Waals surface area contributed by atoms with E-state index in [-0.39, 0.29) is 6.10 Å². The van der Waals surface area contributed by atoms with Crippen LogP contribution in [0.25, 0.3) is 0 Å². The smallest absolute Gasteiger partial charge is 0.332 e. The Balaban J connectivity index is 2.34. The predicted molar refractivity (Wildman–Crippen MR) is 45.0 cm³/mol. The summed E-state index contributed by atoms with van der Waals surface area (Å²) >= 11 is 0. The number of carboxylic acid groups (broad SMARTS) is 1. The van der Waals surface area contributed by atoms with E-state index >= 15 is 0 Å². The van der Waals surface area contributed by atoms with Gasteiger partial charge in [-0.25, -0.2) is 4.79 Å². The maximum atomic E-state index is 10.4. The molecule has 3 heteroatoms. The highest BCUT2D eigenvalue weighted by molar-refractivity contribution is 5.71. The molecule has 68 valence electrons. The lowest BCUT2D eigenvalue weighted by molar-refractivity contribution is -0.151. The number of ether oxygens (including phenoxy) is 1. The molecule has 0 bridgehead atoms. The van der Waals surface area contributed by atoms with Crippen molar-refractivity contribution in [1.29, 1.82) is 0 Å². The van der Waals surface area contributed by atoms with E-state index in [0.717, 1.165) is 19.3 Å². The van der Waals surface area contributed by atoms with Gasteiger partial charge < -0.3 is 9.84 Å². The standard InChI is InChI=1S/C9H14O3/c1-7(9(10)11)12-8-5-3-2-4-6-8/h3,5,7-8H,2,4,6H2,1H3,(H,10,11)/t7-,8?/m1/s1. The molecule has 0 heterocycles. The number of carboxylic acids is 1. The summed E-state index contributed by atoms with van der Waals surface area (Å²) < 4.78 is 5.27. The van der Waals surface area contributed by atoms with E-state index in [0.29, 0.717) is 0 Å². The second kappa shape index (κ2) is 4.26. The molecule has 1 N–H and O–H groups in total. The van der Waals surface area contributed by atoms with Crippen LogP contribution < -0.4 is 0 Å². The van der Waals surface area contributed by atoms with Crippen LogP contribution in [-0.2, 0) is 9.53 Å². The Hall–Kier alpha value is -0.830. The van der Waals surface area contributed by atoms with Crippen LogP contribution in [0.2, 0.25) is 0 Å². The van der Waals surface area contributed by atoms with E-state index in [1.165, 1.54) is 0 Å². The van der Waals surface area contributed by atoms with Crippen molar-refractivity contribution in [2.45, 2.75) is 38.4 Å². The van der Waals surface area contributed by atoms with Crippen molar-refractivity contribution < 1.29 is 14.6 Å². The third kappa shape index (κ3) is 2.66. The molecule has 1 rings (SSSR count). The van der Waals surface area contributed by atoms with Crippen molar-refractivity contribution in [3.05, 3.63) is 12.2 Å². The number of carbonyl (C=O) groups is 1. The first-order valence-corrected chi connectivity index (χ1v) is 4.25. The van der Waals surface area contributed by atoms with E-state index in [1.807, 2.05) is 12.2 Å². The normalized spacial score (nSPS) is 25.2. The molecule has 1 aliphatic carbocycles. The van der Waals surface area contributed by atoms with Crippen molar-refractivity contribution in [3.8, 4) is 0 Å². The van der Waals surface area contributed by atoms with Crippen molar-refractivity contribution >= 4 is 5.97 Å². The molecule has 0 aromatic heterocycles. The monoisotopic (exact) mass is 170 g/mol. The van der Waals surface area contributed by atoms with Crippen LogP contribution >= 0.6 is 0 Å². The largest absolute Gasteiger partial charge is 0.479 e. The average Bonchev–Trinajstić information content (AvgIpc) is 2.06. The molecule has 0 aliphatic heterocycles. The fourth-order valence-corrected chi connectivity index (χ4v) is 1.21. The maximum absolute atomic E-state index is 10.4. The number of hydrogen-bond acceptors (Lipinski definition) is 2. The van der Waals surface area contributed by atoms with Gasteiger partial charge in [-0.15, -0.1) is 0 Å². The number of rotatable bonds is 3. The van der Waals surface area contributed by atoms with Crippen molar-refractivity contribution in [3.63, 3.8) is 0 Å². The molecular formula is C9H14O3. The number of hydrogen-bond donors (Lipinski definition) is 1. The van der Waals surface area contributed by atoms with Crippen LogP contribution in [0.3, 0.4) is 0 Å². The van der Waals surface area contributed by atoms with E-state index in [2.05, 4.69) is 0 Å². The minimum Gasteiger partial charge on any atom is -0.479 e. The van der Waals surface area contributed by atoms with Gasteiger partial charge in [-0.1, -0.05) is 12.2 Å². The van der Waals surface area contributed by atoms with Gasteiger partial charge in [0.05, 0.1) is 6.10 Å². The Kier molecular flexibility index (Phi) is 3.29. The van der Waals surface area contributed by atoms with Gasteiger partial charge in [0.25, 0.3) is 0 Å². The second-order valence-corrected chi connectivity index (χ2v) is 3.01. The van der Waals surface area contributed by atoms with Crippen molar-refractivity contribution in [2.24, 2.45) is 0 Å². The Morgan fingerprint density at radius 3 is 3.00 bits per heavy atom. The highest BCUT2D eigenvalue weighted by Crippen LogP contribution is 2.14. The van der Waals surface area contributed by atoms with E-state index in [4.69, 9.17) is 9.84 Å². The van der Waals surface area contributed by atoms with E-state index < -0.39 is 12.1 Å². The molecule has 0 radical (unpaired) electrons. The summed E-state index contributed by atoms with van der Waals surface area (Å²) in [6.45, 7) is 1.56. The summed E-state index contributed by atoms with van der Waals surface area (Å²) in [5.41, 5.74) is 0. The Morgan fingerprint density at radius 1 is 1.75 bits per heavy atom. The third-order valence-corrected chi connectivity index (χ3v) is 1.94. The summed E-state index contributed by atoms with van der Waals surface area (Å²) in [6, 6.07) is 0.